The van der Waals surface area contributed by atoms with E-state index in [1.165, 1.54) is 42.4 Å². The average Bonchev–Trinajstić information content (AvgIpc) is 2.83. The van der Waals surface area contributed by atoms with Crippen molar-refractivity contribution >= 4 is 18.7 Å². The van der Waals surface area contributed by atoms with E-state index in [1.807, 2.05) is 6.20 Å². The summed E-state index contributed by atoms with van der Waals surface area (Å²) >= 11 is 0. The summed E-state index contributed by atoms with van der Waals surface area (Å²) in [5.74, 6) is 2.08. The van der Waals surface area contributed by atoms with Gasteiger partial charge in [0.25, 0.3) is 0 Å². The van der Waals surface area contributed by atoms with Crippen LogP contribution in [0.3, 0.4) is 0 Å². The molecule has 0 aliphatic carbocycles. The van der Waals surface area contributed by atoms with Gasteiger partial charge in [-0.2, -0.15) is 0 Å². The Morgan fingerprint density at radius 1 is 0.944 bits per heavy atom. The number of pyridine rings is 1. The van der Waals surface area contributed by atoms with Crippen LogP contribution in [0.25, 0.3) is 10.9 Å². The average molecular weight is 532 g/mol. The molecule has 3 saturated heterocycles. The molecule has 0 amide bonds. The van der Waals surface area contributed by atoms with Crippen LogP contribution in [0.1, 0.15) is 37.0 Å². The van der Waals surface area contributed by atoms with E-state index >= 15 is 0 Å². The van der Waals surface area contributed by atoms with E-state index < -0.39 is 7.81 Å². The molecule has 0 spiro atoms. The second-order valence-corrected chi connectivity index (χ2v) is 11.6. The van der Waals surface area contributed by atoms with Crippen molar-refractivity contribution in [3.63, 3.8) is 0 Å². The van der Waals surface area contributed by atoms with Gasteiger partial charge < -0.3 is 9.64 Å². The van der Waals surface area contributed by atoms with Gasteiger partial charge in [0.1, 0.15) is 0 Å². The molecule has 5 atom stereocenters. The zero-order valence-electron chi connectivity index (χ0n) is 19.9. The van der Waals surface area contributed by atoms with E-state index in [4.69, 9.17) is 4.74 Å². The summed E-state index contributed by atoms with van der Waals surface area (Å²) in [4.78, 5) is 7.27. The fraction of sp³-hybridized carbons (Fsp3) is 0.423. The molecule has 0 saturated carbocycles. The molecule has 3 aromatic rings. The van der Waals surface area contributed by atoms with E-state index in [9.17, 15) is 25.2 Å². The molecule has 3 aliphatic rings. The number of ether oxygens (including phenoxy) is 1. The maximum atomic E-state index is 9.87. The number of benzene rings is 2. The first-order chi connectivity index (χ1) is 16.8. The van der Waals surface area contributed by atoms with Gasteiger partial charge in [0.2, 0.25) is 0 Å². The Balaban J connectivity index is 0.000000384. The van der Waals surface area contributed by atoms with Crippen LogP contribution in [0.4, 0.5) is 25.2 Å². The van der Waals surface area contributed by atoms with Crippen LogP contribution in [0, 0.1) is 17.8 Å². The van der Waals surface area contributed by atoms with Gasteiger partial charge in [-0.3, -0.25) is 4.98 Å². The summed E-state index contributed by atoms with van der Waals surface area (Å²) in [5, 5.41) is 1.23. The van der Waals surface area contributed by atoms with Crippen LogP contribution in [0.2, 0.25) is 0 Å². The predicted molar refractivity (Wildman–Crippen MR) is 131 cm³/mol. The van der Waals surface area contributed by atoms with Crippen molar-refractivity contribution in [3.05, 3.63) is 78.0 Å². The number of nitrogens with zero attached hydrogens (tertiary/aromatic N) is 2. The van der Waals surface area contributed by atoms with Crippen LogP contribution in [-0.2, 0) is 11.3 Å². The third-order valence-electron chi connectivity index (χ3n) is 7.07. The van der Waals surface area contributed by atoms with Gasteiger partial charge in [-0.25, -0.2) is 0 Å². The molecule has 2 bridgehead atoms. The molecule has 0 N–H and O–H groups in total. The molecule has 6 rings (SSSR count). The van der Waals surface area contributed by atoms with Gasteiger partial charge in [0.15, 0.2) is 0 Å². The molecule has 198 valence electrons. The Kier molecular flexibility index (Phi) is 7.14. The SMILES string of the molecule is CC[C@H]1CN2CC[C@@H]1[C@H]([C@@H](OCc1ccccc1)c1ccnc3ccccc13)C2.F[P-](F)(F)(F)(F)F. The second-order valence-electron chi connectivity index (χ2n) is 9.64. The number of rotatable bonds is 6. The summed E-state index contributed by atoms with van der Waals surface area (Å²) in [6.07, 6.45) is 4.62. The monoisotopic (exact) mass is 531 g/mol. The maximum absolute atomic E-state index is 10.7. The number of hydrogen-bond donors (Lipinski definition) is 0. The quantitative estimate of drug-likeness (QED) is 0.235. The van der Waals surface area contributed by atoms with E-state index in [1.54, 1.807) is 0 Å². The number of halogens is 6. The molecule has 3 fully saturated rings. The van der Waals surface area contributed by atoms with Crippen molar-refractivity contribution in [1.29, 1.82) is 0 Å². The standard InChI is InChI=1S/C26H30N2O.F6P/c1-2-20-16-28-15-13-21(20)24(17-28)26(29-18-19-8-4-3-5-9-19)23-12-14-27-25-11-7-6-10-22(23)25;1-7(2,3,4,5)6/h3-12,14,20-21,24,26H,2,13,15-18H2,1H3;/q;-1/t20-,21-,24+,26-;/m0./s1. The molecule has 2 aromatic carbocycles. The number of aromatic nitrogens is 1. The van der Waals surface area contributed by atoms with E-state index in [0.29, 0.717) is 12.5 Å². The number of hydrogen-bond acceptors (Lipinski definition) is 3. The number of fused-ring (bicyclic) bond motifs is 4. The van der Waals surface area contributed by atoms with Crippen molar-refractivity contribution in [3.8, 4) is 0 Å². The Labute approximate surface area is 206 Å². The molecular formula is C26H30F6N2OP-. The first-order valence-electron chi connectivity index (χ1n) is 12.1. The summed E-state index contributed by atoms with van der Waals surface area (Å²) in [5.41, 5.74) is 3.61. The zero-order valence-corrected chi connectivity index (χ0v) is 20.8. The van der Waals surface area contributed by atoms with Crippen molar-refractivity contribution in [2.45, 2.75) is 32.5 Å². The second kappa shape index (κ2) is 9.58. The van der Waals surface area contributed by atoms with Crippen LogP contribution in [0.15, 0.2) is 66.9 Å². The van der Waals surface area contributed by atoms with Crippen molar-refractivity contribution in [2.24, 2.45) is 17.8 Å². The number of para-hydroxylation sites is 1. The minimum atomic E-state index is -10.7. The van der Waals surface area contributed by atoms with E-state index in [2.05, 4.69) is 77.5 Å². The van der Waals surface area contributed by atoms with Crippen LogP contribution >= 0.6 is 7.81 Å². The molecule has 10 heteroatoms. The Morgan fingerprint density at radius 3 is 2.28 bits per heavy atom. The molecular weight excluding hydrogens is 501 g/mol. The normalized spacial score (nSPS) is 26.4. The van der Waals surface area contributed by atoms with Crippen molar-refractivity contribution in [2.75, 3.05) is 19.6 Å². The number of piperidine rings is 3. The third kappa shape index (κ3) is 7.64. The summed E-state index contributed by atoms with van der Waals surface area (Å²) in [6, 6.07) is 21.3. The van der Waals surface area contributed by atoms with Gasteiger partial charge in [-0.1, -0.05) is 61.9 Å². The third-order valence-corrected chi connectivity index (χ3v) is 7.07. The molecule has 1 aromatic heterocycles. The molecule has 3 aliphatic heterocycles. The summed E-state index contributed by atoms with van der Waals surface area (Å²) in [7, 11) is -10.7. The van der Waals surface area contributed by atoms with E-state index in [-0.39, 0.29) is 6.10 Å². The molecule has 3 nitrogen and oxygen atoms in total. The molecule has 36 heavy (non-hydrogen) atoms. The van der Waals surface area contributed by atoms with Gasteiger partial charge in [0, 0.05) is 30.6 Å². The van der Waals surface area contributed by atoms with Crippen LogP contribution < -0.4 is 0 Å². The van der Waals surface area contributed by atoms with Crippen molar-refractivity contribution in [1.82, 2.24) is 9.88 Å². The summed E-state index contributed by atoms with van der Waals surface area (Å²) < 4.78 is 65.9. The topological polar surface area (TPSA) is 25.4 Å². The van der Waals surface area contributed by atoms with Gasteiger partial charge in [-0.05, 0) is 48.1 Å². The van der Waals surface area contributed by atoms with Gasteiger partial charge >= 0.3 is 33.0 Å². The predicted octanol–water partition coefficient (Wildman–Crippen LogP) is 8.85. The molecule has 4 heterocycles. The first-order valence-corrected chi connectivity index (χ1v) is 14.1. The fourth-order valence-corrected chi connectivity index (χ4v) is 5.61. The van der Waals surface area contributed by atoms with Gasteiger partial charge in [0.05, 0.1) is 18.2 Å². The van der Waals surface area contributed by atoms with Crippen LogP contribution in [0.5, 0.6) is 0 Å². The first kappa shape index (κ1) is 26.8. The van der Waals surface area contributed by atoms with Crippen molar-refractivity contribution < 1.29 is 29.9 Å². The summed E-state index contributed by atoms with van der Waals surface area (Å²) in [6.45, 7) is 6.67. The van der Waals surface area contributed by atoms with E-state index in [0.717, 1.165) is 23.9 Å². The Morgan fingerprint density at radius 2 is 1.61 bits per heavy atom. The minimum absolute atomic E-state index is 0.102. The Hall–Kier alpha value is -2.22. The van der Waals surface area contributed by atoms with Gasteiger partial charge in [-0.15, -0.1) is 0 Å². The molecule has 1 unspecified atom stereocenters. The molecule has 0 radical (unpaired) electrons. The fourth-order valence-electron chi connectivity index (χ4n) is 5.61. The zero-order chi connectivity index (χ0) is 26.0. The Bertz CT molecular complexity index is 1160. The van der Waals surface area contributed by atoms with Crippen LogP contribution in [-0.4, -0.2) is 29.5 Å².